The number of rotatable bonds is 7. The Labute approximate surface area is 232 Å². The molecule has 4 aliphatic rings. The van der Waals surface area contributed by atoms with Gasteiger partial charge in [0.1, 0.15) is 5.56 Å². The van der Waals surface area contributed by atoms with E-state index < -0.39 is 0 Å². The van der Waals surface area contributed by atoms with Gasteiger partial charge in [0, 0.05) is 37.7 Å². The monoisotopic (exact) mass is 542 g/mol. The summed E-state index contributed by atoms with van der Waals surface area (Å²) in [5.74, 6) is -0.621. The van der Waals surface area contributed by atoms with Crippen molar-refractivity contribution in [1.29, 1.82) is 0 Å². The molecule has 3 fully saturated rings. The molecule has 3 aromatic heterocycles. The first-order valence-corrected chi connectivity index (χ1v) is 14.3. The van der Waals surface area contributed by atoms with Crippen LogP contribution in [-0.2, 0) is 0 Å². The van der Waals surface area contributed by atoms with Gasteiger partial charge in [0.05, 0.1) is 30.2 Å². The Morgan fingerprint density at radius 2 is 1.93 bits per heavy atom. The zero-order valence-corrected chi connectivity index (χ0v) is 22.4. The third-order valence-electron chi connectivity index (χ3n) is 8.04. The molecule has 40 heavy (non-hydrogen) atoms. The number of hydrazine groups is 2. The molecule has 0 bridgehead atoms. The van der Waals surface area contributed by atoms with Crippen molar-refractivity contribution in [3.05, 3.63) is 60.0 Å². The van der Waals surface area contributed by atoms with Gasteiger partial charge in [-0.05, 0) is 49.8 Å². The van der Waals surface area contributed by atoms with E-state index in [1.165, 1.54) is 12.6 Å². The van der Waals surface area contributed by atoms with Gasteiger partial charge in [-0.2, -0.15) is 15.3 Å². The van der Waals surface area contributed by atoms with Crippen LogP contribution < -0.4 is 16.1 Å². The highest BCUT2D eigenvalue weighted by molar-refractivity contribution is 6.11. The molecule has 0 aromatic carbocycles. The van der Waals surface area contributed by atoms with Gasteiger partial charge in [-0.25, -0.2) is 14.9 Å². The minimum atomic E-state index is -0.372. The molecular formula is C28H34N10O2. The van der Waals surface area contributed by atoms with Crippen molar-refractivity contribution < 1.29 is 9.59 Å². The van der Waals surface area contributed by atoms with Crippen LogP contribution in [0.1, 0.15) is 83.9 Å². The van der Waals surface area contributed by atoms with Crippen molar-refractivity contribution in [2.75, 3.05) is 25.0 Å². The summed E-state index contributed by atoms with van der Waals surface area (Å²) in [4.78, 5) is 31.4. The first-order valence-electron chi connectivity index (χ1n) is 14.3. The van der Waals surface area contributed by atoms with Crippen LogP contribution in [0.2, 0.25) is 0 Å². The number of hydrogen-bond acceptors (Lipinski definition) is 8. The van der Waals surface area contributed by atoms with Gasteiger partial charge in [0.2, 0.25) is 0 Å². The molecule has 0 spiro atoms. The largest absolute Gasteiger partial charge is 0.348 e. The summed E-state index contributed by atoms with van der Waals surface area (Å²) < 4.78 is 3.46. The maximum Gasteiger partial charge on any atom is 0.274 e. The van der Waals surface area contributed by atoms with E-state index in [0.717, 1.165) is 75.8 Å². The van der Waals surface area contributed by atoms with Gasteiger partial charge in [-0.3, -0.25) is 19.3 Å². The highest BCUT2D eigenvalue weighted by Crippen LogP contribution is 2.30. The molecule has 2 aliphatic heterocycles. The summed E-state index contributed by atoms with van der Waals surface area (Å²) in [6, 6.07) is 2.33. The Kier molecular flexibility index (Phi) is 6.56. The molecule has 2 aliphatic carbocycles. The molecule has 3 N–H and O–H groups in total. The number of aromatic nitrogens is 5. The predicted molar refractivity (Wildman–Crippen MR) is 149 cm³/mol. The van der Waals surface area contributed by atoms with E-state index in [0.29, 0.717) is 16.9 Å². The van der Waals surface area contributed by atoms with Gasteiger partial charge in [0.15, 0.2) is 11.3 Å². The van der Waals surface area contributed by atoms with Crippen molar-refractivity contribution in [3.63, 3.8) is 0 Å². The van der Waals surface area contributed by atoms with Crippen molar-refractivity contribution in [2.24, 2.45) is 0 Å². The summed E-state index contributed by atoms with van der Waals surface area (Å²) in [5.41, 5.74) is 6.57. The summed E-state index contributed by atoms with van der Waals surface area (Å²) in [6.07, 6.45) is 20.0. The molecule has 0 radical (unpaired) electrons. The van der Waals surface area contributed by atoms with Gasteiger partial charge in [0.25, 0.3) is 11.8 Å². The normalized spacial score (nSPS) is 20.2. The highest BCUT2D eigenvalue weighted by Gasteiger charge is 2.29. The highest BCUT2D eigenvalue weighted by atomic mass is 16.2. The molecule has 208 valence electrons. The first kappa shape index (κ1) is 25.0. The van der Waals surface area contributed by atoms with Crippen molar-refractivity contribution in [1.82, 2.24) is 45.2 Å². The lowest BCUT2D eigenvalue weighted by molar-refractivity contribution is 0.0107. The molecule has 5 heterocycles. The molecular weight excluding hydrogens is 508 g/mol. The van der Waals surface area contributed by atoms with Crippen LogP contribution in [-0.4, -0.2) is 72.0 Å². The van der Waals surface area contributed by atoms with E-state index in [4.69, 9.17) is 4.98 Å². The molecule has 1 saturated heterocycles. The molecule has 7 rings (SSSR count). The quantitative estimate of drug-likeness (QED) is 0.416. The molecule has 0 unspecified atom stereocenters. The Bertz CT molecular complexity index is 1490. The summed E-state index contributed by atoms with van der Waals surface area (Å²) >= 11 is 0. The van der Waals surface area contributed by atoms with E-state index >= 15 is 0 Å². The lowest BCUT2D eigenvalue weighted by Gasteiger charge is -2.31. The lowest BCUT2D eigenvalue weighted by atomic mass is 9.96. The molecule has 12 nitrogen and oxygen atoms in total. The van der Waals surface area contributed by atoms with Gasteiger partial charge >= 0.3 is 0 Å². The maximum atomic E-state index is 13.5. The van der Waals surface area contributed by atoms with Crippen molar-refractivity contribution in [3.8, 4) is 0 Å². The van der Waals surface area contributed by atoms with E-state index in [1.54, 1.807) is 10.7 Å². The number of allylic oxidation sites excluding steroid dienone is 2. The average Bonchev–Trinajstić information content (AvgIpc) is 3.37. The Morgan fingerprint density at radius 3 is 2.67 bits per heavy atom. The van der Waals surface area contributed by atoms with Crippen LogP contribution in [0, 0.1) is 0 Å². The van der Waals surface area contributed by atoms with Gasteiger partial charge in [-0.1, -0.05) is 25.3 Å². The van der Waals surface area contributed by atoms with Crippen LogP contribution in [0.15, 0.2) is 43.0 Å². The first-order chi connectivity index (χ1) is 19.6. The lowest BCUT2D eigenvalue weighted by Crippen LogP contribution is -2.44. The Hall–Kier alpha value is -4.03. The number of nitrogens with one attached hydrogen (secondary N) is 3. The standard InChI is InChI=1S/C28H34N10O2/c39-27(33-24-18-37(21-5-2-1-3-6-21)34-25(24)28(40)31-20-7-8-20)22-17-30-36-16-11-23(32-26(22)36)19-9-14-35(15-10-19)38-13-4-12-29-38/h9-11,14,16-18,20-21,29H,1-8,12-13,15H2,(H,31,40)(H,33,39). The predicted octanol–water partition coefficient (Wildman–Crippen LogP) is 2.91. The number of carbonyl (C=O) groups is 2. The number of hydrogen-bond donors (Lipinski definition) is 3. The van der Waals surface area contributed by atoms with Gasteiger partial charge in [-0.15, -0.1) is 0 Å². The minimum absolute atomic E-state index is 0.194. The van der Waals surface area contributed by atoms with E-state index in [1.807, 2.05) is 29.2 Å². The second kappa shape index (κ2) is 10.5. The number of anilines is 1. The topological polar surface area (TPSA) is 125 Å². The molecule has 3 aromatic rings. The zero-order chi connectivity index (χ0) is 27.1. The van der Waals surface area contributed by atoms with E-state index in [-0.39, 0.29) is 29.6 Å². The maximum absolute atomic E-state index is 13.5. The van der Waals surface area contributed by atoms with E-state index in [9.17, 15) is 9.59 Å². The minimum Gasteiger partial charge on any atom is -0.348 e. The number of fused-ring (bicyclic) bond motifs is 1. The second-order valence-electron chi connectivity index (χ2n) is 11.0. The fourth-order valence-corrected chi connectivity index (χ4v) is 5.64. The van der Waals surface area contributed by atoms with E-state index in [2.05, 4.69) is 42.5 Å². The van der Waals surface area contributed by atoms with Crippen LogP contribution in [0.3, 0.4) is 0 Å². The second-order valence-corrected chi connectivity index (χ2v) is 11.0. The average molecular weight is 543 g/mol. The molecule has 12 heteroatoms. The number of carbonyl (C=O) groups excluding carboxylic acids is 2. The fourth-order valence-electron chi connectivity index (χ4n) is 5.64. The third-order valence-corrected chi connectivity index (χ3v) is 8.04. The summed E-state index contributed by atoms with van der Waals surface area (Å²) in [6.45, 7) is 2.70. The van der Waals surface area contributed by atoms with Crippen LogP contribution in [0.25, 0.3) is 11.2 Å². The Balaban J connectivity index is 1.13. The smallest absolute Gasteiger partial charge is 0.274 e. The fraction of sp³-hybridized carbons (Fsp3) is 0.464. The Morgan fingerprint density at radius 1 is 1.05 bits per heavy atom. The number of amides is 2. The number of nitrogens with zero attached hydrogens (tertiary/aromatic N) is 7. The summed E-state index contributed by atoms with van der Waals surface area (Å²) in [5, 5.41) is 19.2. The van der Waals surface area contributed by atoms with Crippen LogP contribution in [0.4, 0.5) is 5.69 Å². The van der Waals surface area contributed by atoms with Crippen LogP contribution >= 0.6 is 0 Å². The SMILES string of the molecule is O=C(NC1CC1)c1nn(C2CCCCC2)cc1NC(=O)c1cnn2ccc(C3=CCN(N4CCCN4)C=C3)nc12. The zero-order valence-electron chi connectivity index (χ0n) is 22.4. The summed E-state index contributed by atoms with van der Waals surface area (Å²) in [7, 11) is 0. The molecule has 0 atom stereocenters. The third kappa shape index (κ3) is 5.00. The van der Waals surface area contributed by atoms with Crippen molar-refractivity contribution in [2.45, 2.75) is 63.5 Å². The van der Waals surface area contributed by atoms with Crippen molar-refractivity contribution >= 4 is 28.7 Å². The van der Waals surface area contributed by atoms with Crippen LogP contribution in [0.5, 0.6) is 0 Å². The van der Waals surface area contributed by atoms with Gasteiger partial charge < -0.3 is 10.6 Å². The molecule has 2 saturated carbocycles. The molecule has 2 amide bonds.